The van der Waals surface area contributed by atoms with Crippen molar-refractivity contribution in [2.75, 3.05) is 37.0 Å². The van der Waals surface area contributed by atoms with E-state index in [4.69, 9.17) is 4.74 Å². The molecule has 0 aromatic carbocycles. The lowest BCUT2D eigenvalue weighted by atomic mass is 10.2. The van der Waals surface area contributed by atoms with Gasteiger partial charge < -0.3 is 15.0 Å². The summed E-state index contributed by atoms with van der Waals surface area (Å²) in [6.07, 6.45) is 5.15. The average Bonchev–Trinajstić information content (AvgIpc) is 2.73. The SMILES string of the molecule is CCOCc1nc(NC)cc(N2CCCCCC2)n1. The van der Waals surface area contributed by atoms with Crippen LogP contribution < -0.4 is 10.2 Å². The molecule has 2 heterocycles. The van der Waals surface area contributed by atoms with E-state index in [9.17, 15) is 0 Å². The van der Waals surface area contributed by atoms with Crippen LogP contribution in [0.3, 0.4) is 0 Å². The molecule has 0 aliphatic carbocycles. The summed E-state index contributed by atoms with van der Waals surface area (Å²) in [6.45, 7) is 5.33. The second kappa shape index (κ2) is 7.28. The Labute approximate surface area is 115 Å². The van der Waals surface area contributed by atoms with Gasteiger partial charge in [0.15, 0.2) is 5.82 Å². The van der Waals surface area contributed by atoms with Gasteiger partial charge in [-0.15, -0.1) is 0 Å². The second-order valence-corrected chi connectivity index (χ2v) is 4.82. The van der Waals surface area contributed by atoms with Gasteiger partial charge in [-0.1, -0.05) is 12.8 Å². The number of hydrogen-bond donors (Lipinski definition) is 1. The fourth-order valence-electron chi connectivity index (χ4n) is 2.33. The number of ether oxygens (including phenoxy) is 1. The van der Waals surface area contributed by atoms with E-state index in [0.29, 0.717) is 13.2 Å². The Morgan fingerprint density at radius 1 is 1.21 bits per heavy atom. The number of anilines is 2. The molecule has 1 saturated heterocycles. The van der Waals surface area contributed by atoms with Crippen LogP contribution >= 0.6 is 0 Å². The van der Waals surface area contributed by atoms with Crippen molar-refractivity contribution < 1.29 is 4.74 Å². The summed E-state index contributed by atoms with van der Waals surface area (Å²) in [7, 11) is 1.89. The number of aromatic nitrogens is 2. The van der Waals surface area contributed by atoms with Crippen LogP contribution in [-0.2, 0) is 11.3 Å². The molecular formula is C14H24N4O. The van der Waals surface area contributed by atoms with Gasteiger partial charge in [0.1, 0.15) is 18.2 Å². The highest BCUT2D eigenvalue weighted by atomic mass is 16.5. The molecule has 0 spiro atoms. The number of rotatable bonds is 5. The van der Waals surface area contributed by atoms with Crippen LogP contribution in [0.2, 0.25) is 0 Å². The Bertz CT molecular complexity index is 389. The molecular weight excluding hydrogens is 240 g/mol. The molecule has 0 radical (unpaired) electrons. The van der Waals surface area contributed by atoms with Crippen LogP contribution in [0.25, 0.3) is 0 Å². The molecule has 1 fully saturated rings. The van der Waals surface area contributed by atoms with Gasteiger partial charge in [0, 0.05) is 32.8 Å². The molecule has 0 saturated carbocycles. The molecule has 0 amide bonds. The number of nitrogens with zero attached hydrogens (tertiary/aromatic N) is 3. The summed E-state index contributed by atoms with van der Waals surface area (Å²) in [5, 5.41) is 3.11. The van der Waals surface area contributed by atoms with E-state index in [1.165, 1.54) is 25.7 Å². The van der Waals surface area contributed by atoms with Gasteiger partial charge in [0.25, 0.3) is 0 Å². The zero-order valence-corrected chi connectivity index (χ0v) is 12.0. The van der Waals surface area contributed by atoms with E-state index in [-0.39, 0.29) is 0 Å². The molecule has 1 aromatic rings. The quantitative estimate of drug-likeness (QED) is 0.885. The lowest BCUT2D eigenvalue weighted by molar-refractivity contribution is 0.128. The van der Waals surface area contributed by atoms with Crippen LogP contribution in [0.4, 0.5) is 11.6 Å². The van der Waals surface area contributed by atoms with Crippen LogP contribution in [-0.4, -0.2) is 36.7 Å². The highest BCUT2D eigenvalue weighted by Crippen LogP contribution is 2.20. The molecule has 19 heavy (non-hydrogen) atoms. The maximum atomic E-state index is 5.41. The fourth-order valence-corrected chi connectivity index (χ4v) is 2.33. The summed E-state index contributed by atoms with van der Waals surface area (Å²) < 4.78 is 5.41. The zero-order valence-electron chi connectivity index (χ0n) is 12.0. The third-order valence-corrected chi connectivity index (χ3v) is 3.38. The van der Waals surface area contributed by atoms with Gasteiger partial charge in [-0.3, -0.25) is 0 Å². The molecule has 1 aliphatic rings. The van der Waals surface area contributed by atoms with Crippen molar-refractivity contribution in [3.05, 3.63) is 11.9 Å². The van der Waals surface area contributed by atoms with Gasteiger partial charge in [0.05, 0.1) is 0 Å². The van der Waals surface area contributed by atoms with Crippen LogP contribution in [0.1, 0.15) is 38.4 Å². The predicted molar refractivity (Wildman–Crippen MR) is 77.6 cm³/mol. The summed E-state index contributed by atoms with van der Waals surface area (Å²) in [4.78, 5) is 11.4. The Morgan fingerprint density at radius 3 is 2.58 bits per heavy atom. The van der Waals surface area contributed by atoms with Gasteiger partial charge >= 0.3 is 0 Å². The molecule has 1 N–H and O–H groups in total. The summed E-state index contributed by atoms with van der Waals surface area (Å²) in [6, 6.07) is 2.03. The first kappa shape index (κ1) is 14.1. The van der Waals surface area contributed by atoms with Crippen LogP contribution in [0.5, 0.6) is 0 Å². The molecule has 2 rings (SSSR count). The molecule has 5 nitrogen and oxygen atoms in total. The van der Waals surface area contributed by atoms with Crippen molar-refractivity contribution >= 4 is 11.6 Å². The second-order valence-electron chi connectivity index (χ2n) is 4.82. The smallest absolute Gasteiger partial charge is 0.158 e. The lowest BCUT2D eigenvalue weighted by Crippen LogP contribution is -2.25. The van der Waals surface area contributed by atoms with E-state index >= 15 is 0 Å². The Kier molecular flexibility index (Phi) is 5.39. The van der Waals surface area contributed by atoms with Crippen molar-refractivity contribution in [1.29, 1.82) is 0 Å². The summed E-state index contributed by atoms with van der Waals surface area (Å²) in [5.41, 5.74) is 0. The van der Waals surface area contributed by atoms with Gasteiger partial charge in [-0.05, 0) is 19.8 Å². The first-order valence-corrected chi connectivity index (χ1v) is 7.22. The third-order valence-electron chi connectivity index (χ3n) is 3.38. The minimum Gasteiger partial charge on any atom is -0.374 e. The fraction of sp³-hybridized carbons (Fsp3) is 0.714. The Hall–Kier alpha value is -1.36. The van der Waals surface area contributed by atoms with E-state index < -0.39 is 0 Å². The van der Waals surface area contributed by atoms with Crippen molar-refractivity contribution in [1.82, 2.24) is 9.97 Å². The lowest BCUT2D eigenvalue weighted by Gasteiger charge is -2.22. The van der Waals surface area contributed by atoms with Crippen molar-refractivity contribution in [2.45, 2.75) is 39.2 Å². The van der Waals surface area contributed by atoms with Crippen molar-refractivity contribution in [3.8, 4) is 0 Å². The normalized spacial score (nSPS) is 16.2. The van der Waals surface area contributed by atoms with Crippen LogP contribution in [0, 0.1) is 0 Å². The minimum absolute atomic E-state index is 0.479. The molecule has 0 unspecified atom stereocenters. The largest absolute Gasteiger partial charge is 0.374 e. The van der Waals surface area contributed by atoms with Crippen molar-refractivity contribution in [2.24, 2.45) is 0 Å². The minimum atomic E-state index is 0.479. The Morgan fingerprint density at radius 2 is 1.95 bits per heavy atom. The highest BCUT2D eigenvalue weighted by Gasteiger charge is 2.13. The molecule has 0 bridgehead atoms. The maximum Gasteiger partial charge on any atom is 0.158 e. The van der Waals surface area contributed by atoms with E-state index in [0.717, 1.165) is 30.5 Å². The first-order valence-electron chi connectivity index (χ1n) is 7.22. The standard InChI is InChI=1S/C14H24N4O/c1-3-19-11-13-16-12(15-2)10-14(17-13)18-8-6-4-5-7-9-18/h10H,3-9,11H2,1-2H3,(H,15,16,17). The Balaban J connectivity index is 2.17. The monoisotopic (exact) mass is 264 g/mol. The molecule has 5 heteroatoms. The average molecular weight is 264 g/mol. The molecule has 1 aromatic heterocycles. The number of hydrogen-bond acceptors (Lipinski definition) is 5. The molecule has 106 valence electrons. The van der Waals surface area contributed by atoms with E-state index in [1.54, 1.807) is 0 Å². The van der Waals surface area contributed by atoms with Gasteiger partial charge in [0.2, 0.25) is 0 Å². The zero-order chi connectivity index (χ0) is 13.5. The predicted octanol–water partition coefficient (Wildman–Crippen LogP) is 2.44. The third kappa shape index (κ3) is 4.06. The van der Waals surface area contributed by atoms with E-state index in [2.05, 4.69) is 20.2 Å². The van der Waals surface area contributed by atoms with Crippen molar-refractivity contribution in [3.63, 3.8) is 0 Å². The molecule has 1 aliphatic heterocycles. The molecule has 0 atom stereocenters. The highest BCUT2D eigenvalue weighted by molar-refractivity contribution is 5.49. The maximum absolute atomic E-state index is 5.41. The van der Waals surface area contributed by atoms with Gasteiger partial charge in [-0.25, -0.2) is 9.97 Å². The summed E-state index contributed by atoms with van der Waals surface area (Å²) >= 11 is 0. The number of nitrogens with one attached hydrogen (secondary N) is 1. The topological polar surface area (TPSA) is 50.3 Å². The van der Waals surface area contributed by atoms with Gasteiger partial charge in [-0.2, -0.15) is 0 Å². The summed E-state index contributed by atoms with van der Waals surface area (Å²) in [5.74, 6) is 2.65. The first-order chi connectivity index (χ1) is 9.33. The van der Waals surface area contributed by atoms with E-state index in [1.807, 2.05) is 20.0 Å². The van der Waals surface area contributed by atoms with Crippen LogP contribution in [0.15, 0.2) is 6.07 Å².